The van der Waals surface area contributed by atoms with Gasteiger partial charge in [0.05, 0.1) is 5.69 Å². The van der Waals surface area contributed by atoms with Crippen molar-refractivity contribution in [1.29, 1.82) is 0 Å². The predicted octanol–water partition coefficient (Wildman–Crippen LogP) is 0.621. The summed E-state index contributed by atoms with van der Waals surface area (Å²) >= 11 is 0. The zero-order valence-corrected chi connectivity index (χ0v) is 15.3. The number of rotatable bonds is 7. The van der Waals surface area contributed by atoms with Crippen molar-refractivity contribution in [3.8, 4) is 5.82 Å². The SMILES string of the molecule is Cc1cc(C)n(-c2cc(NCCNS(=O)(=O)N3CCCC3)ncn2)n1. The van der Waals surface area contributed by atoms with E-state index in [9.17, 15) is 8.42 Å². The molecule has 0 amide bonds. The molecule has 25 heavy (non-hydrogen) atoms. The van der Waals surface area contributed by atoms with Gasteiger partial charge in [-0.05, 0) is 32.8 Å². The molecule has 1 saturated heterocycles. The Kier molecular flexibility index (Phi) is 5.30. The molecular formula is C15H23N7O2S. The van der Waals surface area contributed by atoms with E-state index in [4.69, 9.17) is 0 Å². The van der Waals surface area contributed by atoms with E-state index in [2.05, 4.69) is 25.1 Å². The van der Waals surface area contributed by atoms with Gasteiger partial charge in [0.2, 0.25) is 0 Å². The Bertz CT molecular complexity index is 828. The molecule has 1 aliphatic heterocycles. The van der Waals surface area contributed by atoms with Gasteiger partial charge < -0.3 is 5.32 Å². The number of nitrogens with zero attached hydrogens (tertiary/aromatic N) is 5. The highest BCUT2D eigenvalue weighted by atomic mass is 32.2. The lowest BCUT2D eigenvalue weighted by Crippen LogP contribution is -2.40. The Hall–Kier alpha value is -2.04. The van der Waals surface area contributed by atoms with E-state index >= 15 is 0 Å². The van der Waals surface area contributed by atoms with E-state index in [0.717, 1.165) is 24.2 Å². The molecule has 0 aliphatic carbocycles. The fraction of sp³-hybridized carbons (Fsp3) is 0.533. The van der Waals surface area contributed by atoms with E-state index in [1.165, 1.54) is 10.6 Å². The van der Waals surface area contributed by atoms with Crippen LogP contribution in [0.2, 0.25) is 0 Å². The Labute approximate surface area is 147 Å². The maximum atomic E-state index is 12.1. The van der Waals surface area contributed by atoms with Crippen LogP contribution in [0.15, 0.2) is 18.5 Å². The van der Waals surface area contributed by atoms with Crippen LogP contribution in [0.3, 0.4) is 0 Å². The summed E-state index contributed by atoms with van der Waals surface area (Å²) in [7, 11) is -3.37. The number of aryl methyl sites for hydroxylation is 2. The average Bonchev–Trinajstić information content (AvgIpc) is 3.22. The first-order valence-corrected chi connectivity index (χ1v) is 9.74. The molecule has 1 fully saturated rings. The smallest absolute Gasteiger partial charge is 0.279 e. The van der Waals surface area contributed by atoms with Crippen LogP contribution in [0.4, 0.5) is 5.82 Å². The van der Waals surface area contributed by atoms with Crippen LogP contribution >= 0.6 is 0 Å². The highest BCUT2D eigenvalue weighted by Crippen LogP contribution is 2.12. The van der Waals surface area contributed by atoms with Gasteiger partial charge in [-0.3, -0.25) is 0 Å². The molecule has 3 rings (SSSR count). The van der Waals surface area contributed by atoms with E-state index in [-0.39, 0.29) is 6.54 Å². The standard InChI is InChI=1S/C15H23N7O2S/c1-12-9-13(2)22(20-12)15-10-14(17-11-18-15)16-5-6-19-25(23,24)21-7-3-4-8-21/h9-11,19H,3-8H2,1-2H3,(H,16,17,18). The Morgan fingerprint density at radius 2 is 1.88 bits per heavy atom. The van der Waals surface area contributed by atoms with E-state index in [0.29, 0.717) is 31.3 Å². The van der Waals surface area contributed by atoms with Crippen molar-refractivity contribution in [2.24, 2.45) is 0 Å². The molecule has 2 N–H and O–H groups in total. The highest BCUT2D eigenvalue weighted by molar-refractivity contribution is 7.87. The van der Waals surface area contributed by atoms with E-state index in [1.54, 1.807) is 10.7 Å². The van der Waals surface area contributed by atoms with Crippen LogP contribution < -0.4 is 10.0 Å². The zero-order chi connectivity index (χ0) is 17.9. The second kappa shape index (κ2) is 7.46. The Morgan fingerprint density at radius 3 is 2.56 bits per heavy atom. The van der Waals surface area contributed by atoms with Gasteiger partial charge in [0.15, 0.2) is 5.82 Å². The third-order valence-electron chi connectivity index (χ3n) is 4.00. The second-order valence-corrected chi connectivity index (χ2v) is 7.79. The van der Waals surface area contributed by atoms with Crippen LogP contribution in [0.1, 0.15) is 24.2 Å². The maximum absolute atomic E-state index is 12.1. The van der Waals surface area contributed by atoms with E-state index < -0.39 is 10.2 Å². The monoisotopic (exact) mass is 365 g/mol. The summed E-state index contributed by atoms with van der Waals surface area (Å²) in [5.74, 6) is 1.29. The molecule has 0 atom stereocenters. The third-order valence-corrected chi connectivity index (χ3v) is 5.61. The molecule has 2 aromatic heterocycles. The minimum atomic E-state index is -3.37. The summed E-state index contributed by atoms with van der Waals surface area (Å²) in [4.78, 5) is 8.40. The van der Waals surface area contributed by atoms with Gasteiger partial charge in [-0.25, -0.2) is 19.4 Å². The Morgan fingerprint density at radius 1 is 1.12 bits per heavy atom. The molecule has 0 spiro atoms. The largest absolute Gasteiger partial charge is 0.369 e. The molecule has 2 aromatic rings. The zero-order valence-electron chi connectivity index (χ0n) is 14.4. The molecule has 9 nitrogen and oxygen atoms in total. The summed E-state index contributed by atoms with van der Waals surface area (Å²) in [5.41, 5.74) is 1.91. The van der Waals surface area contributed by atoms with Crippen LogP contribution in [-0.4, -0.2) is 58.7 Å². The van der Waals surface area contributed by atoms with Crippen molar-refractivity contribution in [1.82, 2.24) is 28.8 Å². The van der Waals surface area contributed by atoms with Crippen LogP contribution in [-0.2, 0) is 10.2 Å². The van der Waals surface area contributed by atoms with Crippen LogP contribution in [0.25, 0.3) is 5.82 Å². The summed E-state index contributed by atoms with van der Waals surface area (Å²) in [5, 5.41) is 7.50. The fourth-order valence-corrected chi connectivity index (χ4v) is 4.09. The molecule has 1 aliphatic rings. The maximum Gasteiger partial charge on any atom is 0.279 e. The topological polar surface area (TPSA) is 105 Å². The number of nitrogens with one attached hydrogen (secondary N) is 2. The molecule has 0 saturated carbocycles. The molecule has 0 bridgehead atoms. The number of hydrogen-bond acceptors (Lipinski definition) is 6. The molecule has 0 unspecified atom stereocenters. The van der Waals surface area contributed by atoms with E-state index in [1.807, 2.05) is 19.9 Å². The summed E-state index contributed by atoms with van der Waals surface area (Å²) < 4.78 is 30.0. The van der Waals surface area contributed by atoms with Gasteiger partial charge in [0.25, 0.3) is 10.2 Å². The normalized spacial score (nSPS) is 15.6. The van der Waals surface area contributed by atoms with Crippen LogP contribution in [0.5, 0.6) is 0 Å². The molecule has 0 radical (unpaired) electrons. The van der Waals surface area contributed by atoms with Gasteiger partial charge >= 0.3 is 0 Å². The van der Waals surface area contributed by atoms with Crippen molar-refractivity contribution < 1.29 is 8.42 Å². The van der Waals surface area contributed by atoms with Crippen molar-refractivity contribution >= 4 is 16.0 Å². The first-order valence-electron chi connectivity index (χ1n) is 8.30. The Balaban J connectivity index is 1.55. The second-order valence-electron chi connectivity index (χ2n) is 6.03. The molecule has 10 heteroatoms. The lowest BCUT2D eigenvalue weighted by atomic mass is 10.4. The summed E-state index contributed by atoms with van der Waals surface area (Å²) in [6.45, 7) is 5.80. The number of hydrogen-bond donors (Lipinski definition) is 2. The van der Waals surface area contributed by atoms with Gasteiger partial charge in [0.1, 0.15) is 12.1 Å². The van der Waals surface area contributed by atoms with Crippen molar-refractivity contribution in [2.75, 3.05) is 31.5 Å². The molecular weight excluding hydrogens is 342 g/mol. The minimum Gasteiger partial charge on any atom is -0.369 e. The molecule has 0 aromatic carbocycles. The average molecular weight is 365 g/mol. The fourth-order valence-electron chi connectivity index (χ4n) is 2.81. The molecule has 136 valence electrons. The minimum absolute atomic E-state index is 0.290. The number of aromatic nitrogens is 4. The van der Waals surface area contributed by atoms with Gasteiger partial charge in [-0.15, -0.1) is 0 Å². The lowest BCUT2D eigenvalue weighted by molar-refractivity contribution is 0.466. The van der Waals surface area contributed by atoms with Crippen molar-refractivity contribution in [3.05, 3.63) is 29.8 Å². The predicted molar refractivity (Wildman–Crippen MR) is 94.8 cm³/mol. The first kappa shape index (κ1) is 17.8. The summed E-state index contributed by atoms with van der Waals surface area (Å²) in [6, 6.07) is 3.76. The summed E-state index contributed by atoms with van der Waals surface area (Å²) in [6.07, 6.45) is 3.31. The number of anilines is 1. The molecule has 3 heterocycles. The third kappa shape index (κ3) is 4.33. The van der Waals surface area contributed by atoms with Gasteiger partial charge in [-0.1, -0.05) is 0 Å². The quantitative estimate of drug-likeness (QED) is 0.697. The van der Waals surface area contributed by atoms with Gasteiger partial charge in [0, 0.05) is 37.9 Å². The first-order chi connectivity index (χ1) is 12.0. The van der Waals surface area contributed by atoms with Crippen molar-refractivity contribution in [2.45, 2.75) is 26.7 Å². The van der Waals surface area contributed by atoms with Crippen LogP contribution in [0, 0.1) is 13.8 Å². The lowest BCUT2D eigenvalue weighted by Gasteiger charge is -2.16. The van der Waals surface area contributed by atoms with Crippen molar-refractivity contribution in [3.63, 3.8) is 0 Å². The highest BCUT2D eigenvalue weighted by Gasteiger charge is 2.24. The van der Waals surface area contributed by atoms with Gasteiger partial charge in [-0.2, -0.15) is 17.8 Å².